The molecule has 0 saturated carbocycles. The SMILES string of the molecule is CC/C=C\C/C=C\C/C=C\C/C=C\C/C=C\CCCCCCCCCC(=O)OC(COC(=O)CCCCCCCCCCCCCCCCCCCCCCCCCCCCCCCC)COC(OCC[N+](C)(C)C)C(=O)[O-]. The maximum absolute atomic E-state index is 12.9. The Morgan fingerprint density at radius 2 is 0.731 bits per heavy atom. The average molecular weight is 1100 g/mol. The van der Waals surface area contributed by atoms with Crippen molar-refractivity contribution in [2.75, 3.05) is 47.5 Å². The highest BCUT2D eigenvalue weighted by Crippen LogP contribution is 2.18. The molecule has 0 saturated heterocycles. The monoisotopic (exact) mass is 1100 g/mol. The van der Waals surface area contributed by atoms with Crippen molar-refractivity contribution in [2.24, 2.45) is 0 Å². The molecule has 0 aliphatic rings. The fourth-order valence-electron chi connectivity index (χ4n) is 9.51. The van der Waals surface area contributed by atoms with E-state index in [-0.39, 0.29) is 32.2 Å². The molecule has 78 heavy (non-hydrogen) atoms. The number of hydrogen-bond acceptors (Lipinski definition) is 8. The Morgan fingerprint density at radius 1 is 0.397 bits per heavy atom. The molecule has 0 bridgehead atoms. The lowest BCUT2D eigenvalue weighted by Gasteiger charge is -2.26. The molecular weight excluding hydrogens is 971 g/mol. The average Bonchev–Trinajstić information content (AvgIpc) is 3.41. The van der Waals surface area contributed by atoms with E-state index in [9.17, 15) is 19.5 Å². The first-order chi connectivity index (χ1) is 38.1. The first kappa shape index (κ1) is 75.0. The van der Waals surface area contributed by atoms with Crippen LogP contribution in [0.2, 0.25) is 0 Å². The zero-order valence-electron chi connectivity index (χ0n) is 51.8. The summed E-state index contributed by atoms with van der Waals surface area (Å²) >= 11 is 0. The molecule has 0 fully saturated rings. The van der Waals surface area contributed by atoms with Crippen molar-refractivity contribution in [3.8, 4) is 0 Å². The Labute approximate surface area is 482 Å². The smallest absolute Gasteiger partial charge is 0.306 e. The van der Waals surface area contributed by atoms with Crippen LogP contribution in [0.5, 0.6) is 0 Å². The number of ether oxygens (including phenoxy) is 4. The molecule has 0 heterocycles. The van der Waals surface area contributed by atoms with Gasteiger partial charge >= 0.3 is 11.9 Å². The summed E-state index contributed by atoms with van der Waals surface area (Å²) in [5.74, 6) is -2.28. The second-order valence-electron chi connectivity index (χ2n) is 23.4. The van der Waals surface area contributed by atoms with Gasteiger partial charge < -0.3 is 33.3 Å². The number of carbonyl (C=O) groups is 3. The number of quaternary nitrogens is 1. The molecule has 2 atom stereocenters. The van der Waals surface area contributed by atoms with E-state index in [4.69, 9.17) is 18.9 Å². The second kappa shape index (κ2) is 60.1. The van der Waals surface area contributed by atoms with Gasteiger partial charge in [-0.3, -0.25) is 9.59 Å². The number of likely N-dealkylation sites (N-methyl/N-ethyl adjacent to an activating group) is 1. The lowest BCUT2D eigenvalue weighted by molar-refractivity contribution is -0.870. The summed E-state index contributed by atoms with van der Waals surface area (Å²) in [4.78, 5) is 37.4. The molecule has 0 N–H and O–H groups in total. The van der Waals surface area contributed by atoms with Crippen LogP contribution in [0.3, 0.4) is 0 Å². The minimum atomic E-state index is -1.63. The molecule has 9 nitrogen and oxygen atoms in total. The molecule has 9 heteroatoms. The standard InChI is InChI=1S/C69H125NO8/c1-6-8-10-12-14-16-18-20-22-24-26-28-30-31-32-33-34-35-36-38-39-41-43-45-47-49-51-53-55-57-59-66(71)76-63-65(64-77-69(68(73)74)75-62-61-70(3,4)5)78-67(72)60-58-56-54-52-50-48-46-44-42-40-37-29-27-25-23-21-19-17-15-13-11-9-7-2/h9,11,15,17,21,23,27,29,40,42,65,69H,6-8,10,12-14,16,18-20,22,24-26,28,30-39,41,43-64H2,1-5H3/b11-9-,17-15-,23-21-,29-27-,42-40-. The number of rotatable bonds is 61. The van der Waals surface area contributed by atoms with Gasteiger partial charge in [0, 0.05) is 12.8 Å². The van der Waals surface area contributed by atoms with E-state index in [1.807, 2.05) is 21.1 Å². The number of unbranched alkanes of at least 4 members (excludes halogenated alkanes) is 36. The van der Waals surface area contributed by atoms with Crippen molar-refractivity contribution in [3.05, 3.63) is 60.8 Å². The lowest BCUT2D eigenvalue weighted by atomic mass is 10.0. The maximum atomic E-state index is 12.9. The van der Waals surface area contributed by atoms with Gasteiger partial charge in [0.2, 0.25) is 0 Å². The molecule has 0 aliphatic carbocycles. The minimum Gasteiger partial charge on any atom is -0.545 e. The molecule has 454 valence electrons. The van der Waals surface area contributed by atoms with Gasteiger partial charge in [0.15, 0.2) is 12.4 Å². The first-order valence-electron chi connectivity index (χ1n) is 32.9. The van der Waals surface area contributed by atoms with Gasteiger partial charge in [0.1, 0.15) is 13.2 Å². The number of allylic oxidation sites excluding steroid dienone is 10. The van der Waals surface area contributed by atoms with Gasteiger partial charge in [-0.15, -0.1) is 0 Å². The number of nitrogens with zero attached hydrogens (tertiary/aromatic N) is 1. The van der Waals surface area contributed by atoms with E-state index in [0.717, 1.165) is 77.0 Å². The summed E-state index contributed by atoms with van der Waals surface area (Å²) in [5.41, 5.74) is 0. The van der Waals surface area contributed by atoms with Crippen LogP contribution >= 0.6 is 0 Å². The van der Waals surface area contributed by atoms with E-state index < -0.39 is 24.3 Å². The summed E-state index contributed by atoms with van der Waals surface area (Å²) in [6.07, 6.45) is 74.4. The summed E-state index contributed by atoms with van der Waals surface area (Å²) < 4.78 is 22.8. The molecule has 0 aromatic rings. The number of carboxylic acid groups (broad SMARTS) is 1. The molecule has 0 spiro atoms. The van der Waals surface area contributed by atoms with Crippen LogP contribution in [0.1, 0.15) is 303 Å². The van der Waals surface area contributed by atoms with Gasteiger partial charge in [-0.25, -0.2) is 0 Å². The molecular formula is C69H125NO8. The largest absolute Gasteiger partial charge is 0.545 e. The third-order valence-electron chi connectivity index (χ3n) is 14.5. The Morgan fingerprint density at radius 3 is 1.09 bits per heavy atom. The van der Waals surface area contributed by atoms with Crippen molar-refractivity contribution in [1.29, 1.82) is 0 Å². The number of carbonyl (C=O) groups excluding carboxylic acids is 3. The molecule has 0 radical (unpaired) electrons. The number of hydrogen-bond donors (Lipinski definition) is 0. The Balaban J connectivity index is 4.13. The van der Waals surface area contributed by atoms with Crippen LogP contribution in [0, 0.1) is 0 Å². The Hall–Kier alpha value is -3.01. The highest BCUT2D eigenvalue weighted by Gasteiger charge is 2.22. The van der Waals surface area contributed by atoms with E-state index >= 15 is 0 Å². The van der Waals surface area contributed by atoms with Gasteiger partial charge in [0.25, 0.3) is 0 Å². The fraction of sp³-hybridized carbons (Fsp3) is 0.812. The first-order valence-corrected chi connectivity index (χ1v) is 32.9. The van der Waals surface area contributed by atoms with E-state index in [0.29, 0.717) is 23.9 Å². The van der Waals surface area contributed by atoms with Crippen molar-refractivity contribution < 1.29 is 42.9 Å². The van der Waals surface area contributed by atoms with E-state index in [1.54, 1.807) is 0 Å². The van der Waals surface area contributed by atoms with Crippen molar-refractivity contribution in [3.63, 3.8) is 0 Å². The fourth-order valence-corrected chi connectivity index (χ4v) is 9.51. The molecule has 0 rings (SSSR count). The van der Waals surface area contributed by atoms with Crippen LogP contribution in [0.25, 0.3) is 0 Å². The van der Waals surface area contributed by atoms with Gasteiger partial charge in [0.05, 0.1) is 40.3 Å². The van der Waals surface area contributed by atoms with E-state index in [2.05, 4.69) is 74.6 Å². The third-order valence-corrected chi connectivity index (χ3v) is 14.5. The van der Waals surface area contributed by atoms with Crippen LogP contribution in [0.4, 0.5) is 0 Å². The Kier molecular flexibility index (Phi) is 57.8. The van der Waals surface area contributed by atoms with Crippen LogP contribution in [-0.2, 0) is 33.3 Å². The minimum absolute atomic E-state index is 0.144. The zero-order chi connectivity index (χ0) is 56.9. The number of carboxylic acids is 1. The van der Waals surface area contributed by atoms with Crippen LogP contribution in [-0.4, -0.2) is 82.3 Å². The highest BCUT2D eigenvalue weighted by molar-refractivity contribution is 5.70. The molecule has 0 aromatic carbocycles. The maximum Gasteiger partial charge on any atom is 0.306 e. The summed E-state index contributed by atoms with van der Waals surface area (Å²) in [6, 6.07) is 0. The van der Waals surface area contributed by atoms with Gasteiger partial charge in [-0.05, 0) is 57.8 Å². The van der Waals surface area contributed by atoms with Crippen molar-refractivity contribution in [1.82, 2.24) is 0 Å². The van der Waals surface area contributed by atoms with Gasteiger partial charge in [-0.2, -0.15) is 0 Å². The van der Waals surface area contributed by atoms with Crippen molar-refractivity contribution >= 4 is 17.9 Å². The predicted molar refractivity (Wildman–Crippen MR) is 329 cm³/mol. The molecule has 2 unspecified atom stereocenters. The quantitative estimate of drug-likeness (QED) is 0.0195. The zero-order valence-corrected chi connectivity index (χ0v) is 51.8. The second-order valence-corrected chi connectivity index (χ2v) is 23.4. The van der Waals surface area contributed by atoms with Crippen LogP contribution in [0.15, 0.2) is 60.8 Å². The van der Waals surface area contributed by atoms with Gasteiger partial charge in [-0.1, -0.05) is 293 Å². The summed E-state index contributed by atoms with van der Waals surface area (Å²) in [5, 5.41) is 11.8. The number of esters is 2. The summed E-state index contributed by atoms with van der Waals surface area (Å²) in [6.45, 7) is 4.66. The molecule has 0 aliphatic heterocycles. The molecule has 0 amide bonds. The normalized spacial score (nSPS) is 13.1. The molecule has 0 aromatic heterocycles. The lowest BCUT2D eigenvalue weighted by Crippen LogP contribution is -2.44. The van der Waals surface area contributed by atoms with Crippen molar-refractivity contribution in [2.45, 2.75) is 315 Å². The Bertz CT molecular complexity index is 1460. The highest BCUT2D eigenvalue weighted by atomic mass is 16.7. The topological polar surface area (TPSA) is 111 Å². The van der Waals surface area contributed by atoms with Crippen LogP contribution < -0.4 is 5.11 Å². The third kappa shape index (κ3) is 60.6. The number of aliphatic carboxylic acids is 1. The summed E-state index contributed by atoms with van der Waals surface area (Å²) in [7, 11) is 5.93. The predicted octanol–water partition coefficient (Wildman–Crippen LogP) is 18.6. The van der Waals surface area contributed by atoms with E-state index in [1.165, 1.54) is 193 Å².